The zero-order valence-electron chi connectivity index (χ0n) is 10.3. The summed E-state index contributed by atoms with van der Waals surface area (Å²) in [5, 5.41) is 4.80. The highest BCUT2D eigenvalue weighted by Gasteiger charge is 2.19. The Labute approximate surface area is 108 Å². The number of nitrogens with zero attached hydrogens (tertiary/aromatic N) is 2. The lowest BCUT2D eigenvalue weighted by atomic mass is 10.1. The number of nitrogens with one attached hydrogen (secondary N) is 1. The quantitative estimate of drug-likeness (QED) is 0.557. The number of para-hydroxylation sites is 1. The van der Waals surface area contributed by atoms with Crippen LogP contribution in [-0.4, -0.2) is 9.78 Å². The smallest absolute Gasteiger partial charge is 0.169 e. The Kier molecular flexibility index (Phi) is 2.81. The Balaban J connectivity index is 2.09. The maximum absolute atomic E-state index is 13.6. The second-order valence-corrected chi connectivity index (χ2v) is 4.35. The van der Waals surface area contributed by atoms with Crippen LogP contribution < -0.4 is 11.3 Å². The topological polar surface area (TPSA) is 69.0 Å². The van der Waals surface area contributed by atoms with Crippen LogP contribution in [0, 0.1) is 5.82 Å². The number of nitrogens with two attached hydrogens (primary N) is 1. The van der Waals surface area contributed by atoms with Gasteiger partial charge in [-0.25, -0.2) is 9.82 Å². The van der Waals surface area contributed by atoms with Gasteiger partial charge in [-0.2, -0.15) is 5.10 Å². The Morgan fingerprint density at radius 3 is 2.95 bits per heavy atom. The zero-order chi connectivity index (χ0) is 13.4. The van der Waals surface area contributed by atoms with Crippen LogP contribution in [0.5, 0.6) is 0 Å². The molecule has 3 aromatic rings. The van der Waals surface area contributed by atoms with Gasteiger partial charge >= 0.3 is 0 Å². The first-order valence-electron chi connectivity index (χ1n) is 5.81. The average Bonchev–Trinajstić information content (AvgIpc) is 2.98. The molecule has 1 aromatic carbocycles. The predicted molar refractivity (Wildman–Crippen MR) is 68.5 cm³/mol. The molecule has 3 rings (SSSR count). The lowest BCUT2D eigenvalue weighted by Crippen LogP contribution is -2.28. The molecule has 2 aromatic heterocycles. The molecule has 3 N–H and O–H groups in total. The van der Waals surface area contributed by atoms with Gasteiger partial charge in [0.15, 0.2) is 11.4 Å². The number of hydrazine groups is 1. The van der Waals surface area contributed by atoms with Crippen LogP contribution in [0.1, 0.15) is 17.4 Å². The first-order chi connectivity index (χ1) is 9.19. The number of benzene rings is 1. The van der Waals surface area contributed by atoms with E-state index in [0.717, 1.165) is 5.56 Å². The predicted octanol–water partition coefficient (Wildman–Crippen LogP) is 1.86. The number of hydrogen-bond donors (Lipinski definition) is 2. The van der Waals surface area contributed by atoms with Gasteiger partial charge in [-0.1, -0.05) is 12.1 Å². The van der Waals surface area contributed by atoms with Crippen molar-refractivity contribution in [2.24, 2.45) is 12.9 Å². The van der Waals surface area contributed by atoms with Crippen molar-refractivity contribution in [3.63, 3.8) is 0 Å². The van der Waals surface area contributed by atoms with Crippen LogP contribution in [0.4, 0.5) is 4.39 Å². The molecule has 0 spiro atoms. The summed E-state index contributed by atoms with van der Waals surface area (Å²) in [6.45, 7) is 0. The van der Waals surface area contributed by atoms with Gasteiger partial charge in [0.05, 0.1) is 6.20 Å². The van der Waals surface area contributed by atoms with E-state index in [1.165, 1.54) is 6.07 Å². The highest BCUT2D eigenvalue weighted by molar-refractivity contribution is 5.78. The van der Waals surface area contributed by atoms with Gasteiger partial charge < -0.3 is 4.42 Å². The van der Waals surface area contributed by atoms with Crippen LogP contribution >= 0.6 is 0 Å². The Morgan fingerprint density at radius 1 is 1.47 bits per heavy atom. The monoisotopic (exact) mass is 260 g/mol. The number of halogens is 1. The summed E-state index contributed by atoms with van der Waals surface area (Å²) in [6.07, 6.45) is 3.52. The van der Waals surface area contributed by atoms with E-state index >= 15 is 0 Å². The fourth-order valence-corrected chi connectivity index (χ4v) is 2.12. The normalized spacial score (nSPS) is 13.0. The number of aryl methyl sites for hydroxylation is 1. The molecule has 98 valence electrons. The molecule has 1 unspecified atom stereocenters. The lowest BCUT2D eigenvalue weighted by molar-refractivity contribution is 0.465. The van der Waals surface area contributed by atoms with Crippen molar-refractivity contribution in [3.8, 4) is 0 Å². The van der Waals surface area contributed by atoms with E-state index < -0.39 is 0 Å². The van der Waals surface area contributed by atoms with E-state index in [0.29, 0.717) is 11.1 Å². The summed E-state index contributed by atoms with van der Waals surface area (Å²) in [7, 11) is 1.81. The number of aromatic nitrogens is 2. The molecule has 2 heterocycles. The number of furan rings is 1. The molecule has 0 aliphatic rings. The van der Waals surface area contributed by atoms with E-state index in [4.69, 9.17) is 10.3 Å². The van der Waals surface area contributed by atoms with Crippen molar-refractivity contribution in [1.29, 1.82) is 0 Å². The molecular weight excluding hydrogens is 247 g/mol. The minimum Gasteiger partial charge on any atom is -0.456 e. The molecule has 0 saturated carbocycles. The van der Waals surface area contributed by atoms with E-state index in [1.807, 2.05) is 13.2 Å². The van der Waals surface area contributed by atoms with Gasteiger partial charge in [-0.05, 0) is 12.1 Å². The fraction of sp³-hybridized carbons (Fsp3) is 0.154. The van der Waals surface area contributed by atoms with Gasteiger partial charge in [0.1, 0.15) is 11.8 Å². The third-order valence-electron chi connectivity index (χ3n) is 3.02. The maximum atomic E-state index is 13.6. The fourth-order valence-electron chi connectivity index (χ4n) is 2.12. The van der Waals surface area contributed by atoms with E-state index in [2.05, 4.69) is 10.5 Å². The van der Waals surface area contributed by atoms with Gasteiger partial charge in [-0.3, -0.25) is 10.5 Å². The third-order valence-corrected chi connectivity index (χ3v) is 3.02. The van der Waals surface area contributed by atoms with Crippen LogP contribution in [0.3, 0.4) is 0 Å². The van der Waals surface area contributed by atoms with Crippen molar-refractivity contribution >= 4 is 11.0 Å². The lowest BCUT2D eigenvalue weighted by Gasteiger charge is -2.10. The van der Waals surface area contributed by atoms with Crippen molar-refractivity contribution in [1.82, 2.24) is 15.2 Å². The van der Waals surface area contributed by atoms with Crippen molar-refractivity contribution in [2.45, 2.75) is 6.04 Å². The number of hydrogen-bond acceptors (Lipinski definition) is 4. The molecule has 0 saturated heterocycles. The molecule has 0 radical (unpaired) electrons. The zero-order valence-corrected chi connectivity index (χ0v) is 10.3. The van der Waals surface area contributed by atoms with Gasteiger partial charge in [0.2, 0.25) is 0 Å². The summed E-state index contributed by atoms with van der Waals surface area (Å²) < 4.78 is 20.8. The summed E-state index contributed by atoms with van der Waals surface area (Å²) in [6, 6.07) is 6.22. The first-order valence-corrected chi connectivity index (χ1v) is 5.81. The van der Waals surface area contributed by atoms with E-state index in [9.17, 15) is 4.39 Å². The molecule has 6 heteroatoms. The van der Waals surface area contributed by atoms with Crippen molar-refractivity contribution in [3.05, 3.63) is 53.8 Å². The molecule has 0 aliphatic carbocycles. The van der Waals surface area contributed by atoms with Crippen LogP contribution in [0.15, 0.2) is 41.1 Å². The third kappa shape index (κ3) is 2.00. The highest BCUT2D eigenvalue weighted by Crippen LogP contribution is 2.28. The van der Waals surface area contributed by atoms with E-state index in [-0.39, 0.29) is 17.4 Å². The van der Waals surface area contributed by atoms with Gasteiger partial charge in [0.25, 0.3) is 0 Å². The SMILES string of the molecule is Cn1cc(C(NN)c2cc3cccc(F)c3o2)cn1. The molecule has 0 amide bonds. The molecule has 5 nitrogen and oxygen atoms in total. The molecular formula is C13H13FN4O. The molecule has 0 aliphatic heterocycles. The van der Waals surface area contributed by atoms with Crippen LogP contribution in [-0.2, 0) is 7.05 Å². The standard InChI is InChI=1S/C13H13FN4O/c1-18-7-9(6-16-18)12(17-15)11-5-8-3-2-4-10(14)13(8)19-11/h2-7,12,17H,15H2,1H3. The molecule has 19 heavy (non-hydrogen) atoms. The second kappa shape index (κ2) is 4.49. The number of fused-ring (bicyclic) bond motifs is 1. The summed E-state index contributed by atoms with van der Waals surface area (Å²) in [5.74, 6) is 5.73. The van der Waals surface area contributed by atoms with Crippen molar-refractivity contribution < 1.29 is 8.81 Å². The Hall–Kier alpha value is -2.18. The largest absolute Gasteiger partial charge is 0.456 e. The Bertz CT molecular complexity index is 718. The molecule has 0 fully saturated rings. The average molecular weight is 260 g/mol. The minimum absolute atomic E-state index is 0.238. The minimum atomic E-state index is -0.384. The second-order valence-electron chi connectivity index (χ2n) is 4.35. The van der Waals surface area contributed by atoms with E-state index in [1.54, 1.807) is 29.1 Å². The van der Waals surface area contributed by atoms with Crippen molar-refractivity contribution in [2.75, 3.05) is 0 Å². The summed E-state index contributed by atoms with van der Waals surface area (Å²) >= 11 is 0. The first kappa shape index (κ1) is 11.9. The molecule has 0 bridgehead atoms. The Morgan fingerprint density at radius 2 is 2.32 bits per heavy atom. The van der Waals surface area contributed by atoms with Crippen LogP contribution in [0.25, 0.3) is 11.0 Å². The van der Waals surface area contributed by atoms with Crippen LogP contribution in [0.2, 0.25) is 0 Å². The maximum Gasteiger partial charge on any atom is 0.169 e. The molecule has 1 atom stereocenters. The summed E-state index contributed by atoms with van der Waals surface area (Å²) in [5.41, 5.74) is 3.75. The van der Waals surface area contributed by atoms with Gasteiger partial charge in [0, 0.05) is 24.2 Å². The number of rotatable bonds is 3. The van der Waals surface area contributed by atoms with Gasteiger partial charge in [-0.15, -0.1) is 0 Å². The summed E-state index contributed by atoms with van der Waals surface area (Å²) in [4.78, 5) is 0. The highest BCUT2D eigenvalue weighted by atomic mass is 19.1.